The molecule has 2 aromatic rings. The Morgan fingerprint density at radius 3 is 2.40 bits per heavy atom. The van der Waals surface area contributed by atoms with E-state index in [9.17, 15) is 9.59 Å². The molecule has 1 aromatic carbocycles. The second-order valence-corrected chi connectivity index (χ2v) is 6.31. The minimum absolute atomic E-state index is 0.0899. The Hall–Kier alpha value is -2.60. The zero-order valence-corrected chi connectivity index (χ0v) is 14.1. The number of furan rings is 1. The van der Waals surface area contributed by atoms with Crippen LogP contribution in [0.3, 0.4) is 0 Å². The van der Waals surface area contributed by atoms with Gasteiger partial charge in [0, 0.05) is 13.2 Å². The first kappa shape index (κ1) is 17.2. The van der Waals surface area contributed by atoms with Crippen LogP contribution in [-0.4, -0.2) is 30.2 Å². The highest BCUT2D eigenvalue weighted by Crippen LogP contribution is 2.35. The summed E-state index contributed by atoms with van der Waals surface area (Å²) in [5, 5.41) is 11.8. The topological polar surface area (TPSA) is 88.8 Å². The normalized spacial score (nSPS) is 16.4. The van der Waals surface area contributed by atoms with Crippen LogP contribution in [0.5, 0.6) is 0 Å². The quantitative estimate of drug-likeness (QED) is 0.871. The standard InChI is InChI=1S/C19H21NO5/c1-13-2-4-14(5-3-13)19(8-10-24-11-9-19)18(23)20-12-15-6-7-16(25-15)17(21)22/h2-7H,8-12H2,1H3,(H,20,23)(H,21,22). The average molecular weight is 343 g/mol. The molecule has 6 nitrogen and oxygen atoms in total. The SMILES string of the molecule is Cc1ccc(C2(C(=O)NCc3ccc(C(=O)O)o3)CCOCC2)cc1. The summed E-state index contributed by atoms with van der Waals surface area (Å²) in [6.07, 6.45) is 1.22. The number of aryl methyl sites for hydroxylation is 1. The number of nitrogens with one attached hydrogen (secondary N) is 1. The fraction of sp³-hybridized carbons (Fsp3) is 0.368. The highest BCUT2D eigenvalue weighted by molar-refractivity contribution is 5.88. The second-order valence-electron chi connectivity index (χ2n) is 6.31. The molecule has 3 rings (SSSR count). The third kappa shape index (κ3) is 3.58. The molecule has 6 heteroatoms. The first-order valence-corrected chi connectivity index (χ1v) is 8.26. The molecule has 0 spiro atoms. The minimum Gasteiger partial charge on any atom is -0.475 e. The number of carboxylic acids is 1. The maximum absolute atomic E-state index is 13.0. The summed E-state index contributed by atoms with van der Waals surface area (Å²) in [6, 6.07) is 10.9. The molecule has 1 amide bonds. The molecule has 25 heavy (non-hydrogen) atoms. The van der Waals surface area contributed by atoms with Crippen molar-refractivity contribution in [3.05, 3.63) is 59.0 Å². The first-order chi connectivity index (χ1) is 12.0. The molecule has 0 atom stereocenters. The Labute approximate surface area is 145 Å². The number of hydrogen-bond donors (Lipinski definition) is 2. The van der Waals surface area contributed by atoms with Gasteiger partial charge in [0.1, 0.15) is 5.76 Å². The van der Waals surface area contributed by atoms with E-state index in [0.717, 1.165) is 11.1 Å². The van der Waals surface area contributed by atoms with Gasteiger partial charge in [0.25, 0.3) is 0 Å². The van der Waals surface area contributed by atoms with Crippen molar-refractivity contribution in [1.29, 1.82) is 0 Å². The highest BCUT2D eigenvalue weighted by Gasteiger charge is 2.41. The Bertz CT molecular complexity index is 756. The van der Waals surface area contributed by atoms with Crippen molar-refractivity contribution in [1.82, 2.24) is 5.32 Å². The summed E-state index contributed by atoms with van der Waals surface area (Å²) in [4.78, 5) is 23.9. The number of amides is 1. The number of hydrogen-bond acceptors (Lipinski definition) is 4. The summed E-state index contributed by atoms with van der Waals surface area (Å²) in [5.41, 5.74) is 1.49. The van der Waals surface area contributed by atoms with Gasteiger partial charge >= 0.3 is 5.97 Å². The molecule has 1 aliphatic heterocycles. The fourth-order valence-corrected chi connectivity index (χ4v) is 3.16. The zero-order valence-electron chi connectivity index (χ0n) is 14.1. The lowest BCUT2D eigenvalue weighted by Crippen LogP contribution is -2.47. The lowest BCUT2D eigenvalue weighted by Gasteiger charge is -2.36. The monoisotopic (exact) mass is 343 g/mol. The molecular formula is C19H21NO5. The number of benzene rings is 1. The number of carbonyl (C=O) groups is 2. The van der Waals surface area contributed by atoms with Gasteiger partial charge in [0.2, 0.25) is 11.7 Å². The van der Waals surface area contributed by atoms with Crippen molar-refractivity contribution in [2.75, 3.05) is 13.2 Å². The molecule has 1 saturated heterocycles. The van der Waals surface area contributed by atoms with Crippen LogP contribution in [0.4, 0.5) is 0 Å². The van der Waals surface area contributed by atoms with Crippen LogP contribution in [0.25, 0.3) is 0 Å². The van der Waals surface area contributed by atoms with Crippen molar-refractivity contribution >= 4 is 11.9 Å². The third-order valence-corrected chi connectivity index (χ3v) is 4.68. The minimum atomic E-state index is -1.13. The molecule has 0 saturated carbocycles. The molecule has 0 aliphatic carbocycles. The van der Waals surface area contributed by atoms with Crippen molar-refractivity contribution < 1.29 is 23.8 Å². The van der Waals surface area contributed by atoms with Crippen LogP contribution in [0.1, 0.15) is 40.3 Å². The zero-order chi connectivity index (χ0) is 17.9. The molecule has 132 valence electrons. The van der Waals surface area contributed by atoms with Gasteiger partial charge < -0.3 is 19.6 Å². The van der Waals surface area contributed by atoms with E-state index >= 15 is 0 Å². The van der Waals surface area contributed by atoms with Crippen molar-refractivity contribution in [3.63, 3.8) is 0 Å². The Morgan fingerprint density at radius 2 is 1.80 bits per heavy atom. The summed E-state index contributed by atoms with van der Waals surface area (Å²) in [6.45, 7) is 3.23. The lowest BCUT2D eigenvalue weighted by molar-refractivity contribution is -0.130. The Kier molecular flexibility index (Phi) is 4.90. The number of carboxylic acid groups (broad SMARTS) is 1. The van der Waals surface area contributed by atoms with Gasteiger partial charge in [-0.05, 0) is 37.5 Å². The second kappa shape index (κ2) is 7.11. The van der Waals surface area contributed by atoms with Crippen LogP contribution in [0.15, 0.2) is 40.8 Å². The number of rotatable bonds is 5. The van der Waals surface area contributed by atoms with Gasteiger partial charge in [-0.1, -0.05) is 29.8 Å². The molecule has 0 bridgehead atoms. The molecule has 2 heterocycles. The van der Waals surface area contributed by atoms with Crippen LogP contribution in [-0.2, 0) is 21.5 Å². The maximum atomic E-state index is 13.0. The van der Waals surface area contributed by atoms with Crippen molar-refractivity contribution in [2.45, 2.75) is 31.7 Å². The van der Waals surface area contributed by atoms with E-state index in [4.69, 9.17) is 14.3 Å². The van der Waals surface area contributed by atoms with E-state index < -0.39 is 11.4 Å². The molecule has 1 fully saturated rings. The summed E-state index contributed by atoms with van der Waals surface area (Å²) in [5.74, 6) is -0.938. The van der Waals surface area contributed by atoms with Gasteiger partial charge in [-0.15, -0.1) is 0 Å². The average Bonchev–Trinajstić information content (AvgIpc) is 3.10. The van der Waals surface area contributed by atoms with E-state index in [1.165, 1.54) is 6.07 Å². The fourth-order valence-electron chi connectivity index (χ4n) is 3.16. The predicted molar refractivity (Wildman–Crippen MR) is 90.4 cm³/mol. The molecule has 0 unspecified atom stereocenters. The molecular weight excluding hydrogens is 322 g/mol. The van der Waals surface area contributed by atoms with E-state index in [1.807, 2.05) is 31.2 Å². The molecule has 1 aliphatic rings. The summed E-state index contributed by atoms with van der Waals surface area (Å²) < 4.78 is 10.6. The first-order valence-electron chi connectivity index (χ1n) is 8.26. The molecule has 0 radical (unpaired) electrons. The number of aromatic carboxylic acids is 1. The van der Waals surface area contributed by atoms with E-state index in [-0.39, 0.29) is 18.2 Å². The summed E-state index contributed by atoms with van der Waals surface area (Å²) >= 11 is 0. The van der Waals surface area contributed by atoms with E-state index in [1.54, 1.807) is 6.07 Å². The van der Waals surface area contributed by atoms with Gasteiger partial charge in [0.05, 0.1) is 12.0 Å². The number of carbonyl (C=O) groups excluding carboxylic acids is 1. The van der Waals surface area contributed by atoms with Crippen LogP contribution < -0.4 is 5.32 Å². The van der Waals surface area contributed by atoms with Crippen LogP contribution in [0.2, 0.25) is 0 Å². The van der Waals surface area contributed by atoms with E-state index in [2.05, 4.69) is 5.32 Å². The largest absolute Gasteiger partial charge is 0.475 e. The van der Waals surface area contributed by atoms with Crippen LogP contribution in [0, 0.1) is 6.92 Å². The maximum Gasteiger partial charge on any atom is 0.371 e. The van der Waals surface area contributed by atoms with Crippen molar-refractivity contribution in [3.8, 4) is 0 Å². The van der Waals surface area contributed by atoms with E-state index in [0.29, 0.717) is 31.8 Å². The van der Waals surface area contributed by atoms with Gasteiger partial charge in [-0.3, -0.25) is 4.79 Å². The lowest BCUT2D eigenvalue weighted by atomic mass is 9.73. The summed E-state index contributed by atoms with van der Waals surface area (Å²) in [7, 11) is 0. The van der Waals surface area contributed by atoms with Gasteiger partial charge in [-0.25, -0.2) is 4.79 Å². The Balaban J connectivity index is 1.77. The molecule has 2 N–H and O–H groups in total. The third-order valence-electron chi connectivity index (χ3n) is 4.68. The van der Waals surface area contributed by atoms with Crippen LogP contribution >= 0.6 is 0 Å². The smallest absolute Gasteiger partial charge is 0.371 e. The van der Waals surface area contributed by atoms with Crippen molar-refractivity contribution in [2.24, 2.45) is 0 Å². The predicted octanol–water partition coefficient (Wildman–Crippen LogP) is 2.65. The van der Waals surface area contributed by atoms with Gasteiger partial charge in [0.15, 0.2) is 0 Å². The highest BCUT2D eigenvalue weighted by atomic mass is 16.5. The Morgan fingerprint density at radius 1 is 1.12 bits per heavy atom. The number of ether oxygens (including phenoxy) is 1. The van der Waals surface area contributed by atoms with Gasteiger partial charge in [-0.2, -0.15) is 0 Å². The molecule has 1 aromatic heterocycles.